The van der Waals surface area contributed by atoms with E-state index in [-0.39, 0.29) is 17.9 Å². The molecule has 0 fully saturated rings. The number of aryl methyl sites for hydroxylation is 5. The molecule has 0 spiro atoms. The number of nitrogens with two attached hydrogens (primary N) is 2. The Morgan fingerprint density at radius 3 is 0.670 bits per heavy atom. The molecule has 0 saturated carbocycles. The maximum Gasteiger partial charge on any atom is 0.354 e. The largest absolute Gasteiger partial charge is 0.461 e. The van der Waals surface area contributed by atoms with E-state index in [4.69, 9.17) is 50.6 Å². The number of primary amides is 2. The number of rotatable bonds is 8. The molecule has 9 N–H and O–H groups in total. The Balaban J connectivity index is 0.000000132. The highest BCUT2D eigenvalue weighted by Crippen LogP contribution is 2.43. The molecule has 2 amide bonds. The van der Waals surface area contributed by atoms with Gasteiger partial charge in [0.05, 0.1) is 75.0 Å². The minimum absolute atomic E-state index is 0.314. The molecule has 5 aliphatic rings. The number of carbonyl (C=O) groups excluding carboxylic acids is 5. The predicted molar refractivity (Wildman–Crippen MR) is 420 cm³/mol. The van der Waals surface area contributed by atoms with Crippen molar-refractivity contribution in [1.82, 2.24) is 49.8 Å². The van der Waals surface area contributed by atoms with Gasteiger partial charge in [0.2, 0.25) is 0 Å². The van der Waals surface area contributed by atoms with Crippen LogP contribution in [-0.4, -0.2) is 99.4 Å². The van der Waals surface area contributed by atoms with Crippen LogP contribution in [0.2, 0.25) is 0 Å². The first-order valence-corrected chi connectivity index (χ1v) is 38.5. The molecular formula is C86H114N12O8. The number of aromatic nitrogens is 10. The van der Waals surface area contributed by atoms with Crippen LogP contribution in [0.4, 0.5) is 0 Å². The van der Waals surface area contributed by atoms with E-state index in [1.54, 1.807) is 30.3 Å². The lowest BCUT2D eigenvalue weighted by Gasteiger charge is -2.34. The minimum atomic E-state index is -0.437. The summed E-state index contributed by atoms with van der Waals surface area (Å²) in [5.74, 6) is 1.58. The highest BCUT2D eigenvalue weighted by atomic mass is 16.5. The number of ether oxygens (including phenoxy) is 3. The standard InChI is InChI=1S/3C18H24N2O2.2C16H21N3O/c3*1-5-22-17(21)16-10-15-14(20-16)9-11-8-12(18(2,3)4)6-7-13(11)19-15;2*1-16(2,3)10-4-5-11-9(6-10)7-12-13(18-11)8-14(19-12)15(17)20/h3*9-10,12,20H,5-8H2,1-4H3;2*7-8,10,19H,4-6H2,1-3H3,(H2,17,20)/t2*12-;;2*10-/m10.10/s1. The molecule has 0 bridgehead atoms. The zero-order valence-corrected chi connectivity index (χ0v) is 66.0. The summed E-state index contributed by atoms with van der Waals surface area (Å²) < 4.78 is 15.1. The average Bonchev–Trinajstić information content (AvgIpc) is 1.70. The van der Waals surface area contributed by atoms with Crippen molar-refractivity contribution in [2.45, 2.75) is 221 Å². The fraction of sp³-hybridized carbons (Fsp3) is 0.535. The summed E-state index contributed by atoms with van der Waals surface area (Å²) in [6.45, 7) is 41.1. The van der Waals surface area contributed by atoms with Crippen molar-refractivity contribution in [1.29, 1.82) is 0 Å². The van der Waals surface area contributed by atoms with Gasteiger partial charge in [-0.05, 0) is 262 Å². The van der Waals surface area contributed by atoms with Crippen LogP contribution < -0.4 is 11.5 Å². The number of fused-ring (bicyclic) bond motifs is 10. The van der Waals surface area contributed by atoms with Crippen LogP contribution in [0.25, 0.3) is 55.2 Å². The van der Waals surface area contributed by atoms with E-state index in [1.165, 1.54) is 88.4 Å². The van der Waals surface area contributed by atoms with Gasteiger partial charge in [0, 0.05) is 28.5 Å². The Bertz CT molecular complexity index is 4490. The number of hydrogen-bond donors (Lipinski definition) is 7. The van der Waals surface area contributed by atoms with Crippen molar-refractivity contribution in [2.24, 2.45) is 68.1 Å². The normalized spacial score (nSPS) is 18.6. The zero-order valence-electron chi connectivity index (χ0n) is 66.0. The molecule has 20 heteroatoms. The summed E-state index contributed by atoms with van der Waals surface area (Å²) in [5, 5.41) is 0. The van der Waals surface area contributed by atoms with Gasteiger partial charge in [0.25, 0.3) is 11.8 Å². The third kappa shape index (κ3) is 18.1. The average molecular weight is 1440 g/mol. The maximum absolute atomic E-state index is 11.8. The molecule has 10 heterocycles. The molecule has 0 aliphatic heterocycles. The van der Waals surface area contributed by atoms with Gasteiger partial charge in [-0.2, -0.15) is 0 Å². The maximum atomic E-state index is 11.8. The van der Waals surface area contributed by atoms with E-state index in [9.17, 15) is 24.0 Å². The fourth-order valence-corrected chi connectivity index (χ4v) is 16.0. The summed E-state index contributed by atoms with van der Waals surface area (Å²) in [5.41, 5.74) is 35.8. The number of hydrogen-bond acceptors (Lipinski definition) is 13. The van der Waals surface area contributed by atoms with Gasteiger partial charge in [-0.3, -0.25) is 34.5 Å². The molecule has 566 valence electrons. The topological polar surface area (TPSA) is 308 Å². The molecule has 0 aromatic carbocycles. The Hall–Kier alpha value is -9.20. The molecule has 10 aromatic rings. The number of H-pyrrole nitrogens is 5. The summed E-state index contributed by atoms with van der Waals surface area (Å²) in [7, 11) is 0. The molecular weight excluding hydrogens is 1330 g/mol. The molecule has 15 rings (SSSR count). The summed E-state index contributed by atoms with van der Waals surface area (Å²) in [4.78, 5) is 97.2. The quantitative estimate of drug-likeness (QED) is 0.0550. The van der Waals surface area contributed by atoms with Crippen LogP contribution in [0.5, 0.6) is 0 Å². The molecule has 5 atom stereocenters. The Labute approximate surface area is 624 Å². The van der Waals surface area contributed by atoms with Crippen LogP contribution in [0.1, 0.15) is 265 Å². The zero-order chi connectivity index (χ0) is 76.7. The predicted octanol–water partition coefficient (Wildman–Crippen LogP) is 17.3. The van der Waals surface area contributed by atoms with Crippen LogP contribution in [0.15, 0.2) is 60.7 Å². The number of pyridine rings is 5. The molecule has 1 unspecified atom stereocenters. The molecule has 5 aliphatic carbocycles. The number of esters is 3. The Morgan fingerprint density at radius 1 is 0.321 bits per heavy atom. The van der Waals surface area contributed by atoms with Crippen LogP contribution >= 0.6 is 0 Å². The number of nitrogens with one attached hydrogen (secondary N) is 5. The second kappa shape index (κ2) is 30.9. The van der Waals surface area contributed by atoms with Crippen molar-refractivity contribution in [3.05, 3.63) is 145 Å². The lowest BCUT2D eigenvalue weighted by atomic mass is 9.71. The minimum Gasteiger partial charge on any atom is -0.461 e. The lowest BCUT2D eigenvalue weighted by molar-refractivity contribution is 0.0511. The molecule has 10 aromatic heterocycles. The fourth-order valence-electron chi connectivity index (χ4n) is 16.0. The van der Waals surface area contributed by atoms with Crippen molar-refractivity contribution >= 4 is 84.9 Å². The van der Waals surface area contributed by atoms with E-state index >= 15 is 0 Å². The molecule has 20 nitrogen and oxygen atoms in total. The van der Waals surface area contributed by atoms with Crippen molar-refractivity contribution in [3.8, 4) is 0 Å². The number of aromatic amines is 5. The third-order valence-corrected chi connectivity index (χ3v) is 23.0. The lowest BCUT2D eigenvalue weighted by Crippen LogP contribution is -2.27. The Morgan fingerprint density at radius 2 is 0.500 bits per heavy atom. The number of carbonyl (C=O) groups is 5. The van der Waals surface area contributed by atoms with Gasteiger partial charge in [0.15, 0.2) is 0 Å². The first-order valence-electron chi connectivity index (χ1n) is 38.5. The van der Waals surface area contributed by atoms with Crippen LogP contribution in [0, 0.1) is 56.7 Å². The van der Waals surface area contributed by atoms with E-state index in [1.807, 2.05) is 20.8 Å². The van der Waals surface area contributed by atoms with Crippen LogP contribution in [-0.2, 0) is 78.4 Å². The van der Waals surface area contributed by atoms with Gasteiger partial charge in [-0.15, -0.1) is 0 Å². The van der Waals surface area contributed by atoms with Gasteiger partial charge in [-0.25, -0.2) is 14.4 Å². The monoisotopic (exact) mass is 1440 g/mol. The van der Waals surface area contributed by atoms with E-state index in [2.05, 4.69) is 159 Å². The summed E-state index contributed by atoms with van der Waals surface area (Å²) >= 11 is 0. The van der Waals surface area contributed by atoms with E-state index in [0.717, 1.165) is 119 Å². The molecule has 0 saturated heterocycles. The summed E-state index contributed by atoms with van der Waals surface area (Å²) in [6.07, 6.45) is 16.3. The Kier molecular flexibility index (Phi) is 22.7. The van der Waals surface area contributed by atoms with Crippen molar-refractivity contribution < 1.29 is 38.2 Å². The van der Waals surface area contributed by atoms with Gasteiger partial charge in [0.1, 0.15) is 28.5 Å². The summed E-state index contributed by atoms with van der Waals surface area (Å²) in [6, 6.07) is 19.6. The SMILES string of the molecule is CC(C)(C)[C@@H]1CCc2nc3cc(C(N)=O)[nH]c3cc2C1.CC(C)(C)[C@H]1CCc2nc3cc(C(N)=O)[nH]c3cc2C1.CCOC(=O)c1cc2nc3c(cc2[nH]1)CC(C(C)(C)C)CC3.CCOC(=O)c1cc2nc3c(cc2[nH]1)C[C@@H](C(C)(C)C)CC3.CCOC(=O)c1cc2nc3c(cc2[nH]1)C[C@H](C(C)(C)C)CC3. The highest BCUT2D eigenvalue weighted by molar-refractivity contribution is 5.98. The smallest absolute Gasteiger partial charge is 0.354 e. The molecule has 0 radical (unpaired) electrons. The van der Waals surface area contributed by atoms with Gasteiger partial charge < -0.3 is 50.6 Å². The van der Waals surface area contributed by atoms with Gasteiger partial charge in [-0.1, -0.05) is 104 Å². The van der Waals surface area contributed by atoms with Gasteiger partial charge >= 0.3 is 17.9 Å². The second-order valence-electron chi connectivity index (χ2n) is 35.5. The first-order chi connectivity index (χ1) is 49.8. The molecule has 106 heavy (non-hydrogen) atoms. The van der Waals surface area contributed by atoms with E-state index < -0.39 is 11.8 Å². The second-order valence-corrected chi connectivity index (χ2v) is 35.5. The first kappa shape index (κ1) is 77.9. The van der Waals surface area contributed by atoms with Crippen LogP contribution in [0.3, 0.4) is 0 Å². The highest BCUT2D eigenvalue weighted by Gasteiger charge is 2.35. The van der Waals surface area contributed by atoms with E-state index in [0.29, 0.717) is 105 Å². The number of nitrogens with zero attached hydrogens (tertiary/aromatic N) is 5. The van der Waals surface area contributed by atoms with Crippen molar-refractivity contribution in [2.75, 3.05) is 19.8 Å². The number of amides is 2. The third-order valence-electron chi connectivity index (χ3n) is 23.0. The van der Waals surface area contributed by atoms with Crippen molar-refractivity contribution in [3.63, 3.8) is 0 Å².